The molecule has 1 fully saturated rings. The average Bonchev–Trinajstić information content (AvgIpc) is 2.85. The lowest BCUT2D eigenvalue weighted by molar-refractivity contribution is 0.0951. The summed E-state index contributed by atoms with van der Waals surface area (Å²) in [4.78, 5) is 34.5. The zero-order valence-corrected chi connectivity index (χ0v) is 19.0. The fourth-order valence-corrected chi connectivity index (χ4v) is 4.00. The number of amides is 2. The summed E-state index contributed by atoms with van der Waals surface area (Å²) in [5, 5.41) is 5.95. The highest BCUT2D eigenvalue weighted by Crippen LogP contribution is 2.24. The molecule has 1 aliphatic heterocycles. The van der Waals surface area contributed by atoms with Crippen molar-refractivity contribution >= 4 is 23.2 Å². The molecule has 2 amide bonds. The van der Waals surface area contributed by atoms with Crippen molar-refractivity contribution in [3.8, 4) is 0 Å². The van der Waals surface area contributed by atoms with Crippen molar-refractivity contribution in [2.24, 2.45) is 0 Å². The summed E-state index contributed by atoms with van der Waals surface area (Å²) in [5.41, 5.74) is 4.49. The van der Waals surface area contributed by atoms with E-state index < -0.39 is 0 Å². The molecule has 0 bridgehead atoms. The Morgan fingerprint density at radius 3 is 2.39 bits per heavy atom. The minimum atomic E-state index is -0.277. The Balaban J connectivity index is 1.49. The van der Waals surface area contributed by atoms with Crippen molar-refractivity contribution < 1.29 is 9.59 Å². The predicted molar refractivity (Wildman–Crippen MR) is 131 cm³/mol. The molecule has 0 radical (unpaired) electrons. The van der Waals surface area contributed by atoms with Crippen LogP contribution in [0.15, 0.2) is 67.0 Å². The second-order valence-electron chi connectivity index (χ2n) is 8.29. The number of aromatic nitrogens is 1. The predicted octanol–water partition coefficient (Wildman–Crippen LogP) is 3.32. The number of nitrogens with one attached hydrogen (secondary N) is 2. The van der Waals surface area contributed by atoms with Gasteiger partial charge in [0, 0.05) is 56.4 Å². The largest absolute Gasteiger partial charge is 0.369 e. The summed E-state index contributed by atoms with van der Waals surface area (Å²) in [7, 11) is 2.14. The van der Waals surface area contributed by atoms with E-state index in [0.717, 1.165) is 43.0 Å². The van der Waals surface area contributed by atoms with Crippen LogP contribution in [0.4, 0.5) is 11.4 Å². The number of likely N-dealkylation sites (N-methyl/N-ethyl adjacent to an activating group) is 1. The molecule has 3 aromatic rings. The summed E-state index contributed by atoms with van der Waals surface area (Å²) in [6, 6.07) is 16.9. The van der Waals surface area contributed by atoms with Crippen LogP contribution in [0.3, 0.4) is 0 Å². The van der Waals surface area contributed by atoms with Crippen LogP contribution < -0.4 is 15.5 Å². The van der Waals surface area contributed by atoms with Crippen molar-refractivity contribution in [3.05, 3.63) is 89.2 Å². The van der Waals surface area contributed by atoms with E-state index in [1.165, 1.54) is 0 Å². The standard InChI is InChI=1S/C26H29N5O2/c1-19-6-5-8-22(24(19)29-25(32)20-10-12-27-13-11-20)26(33)28-18-21-7-3-4-9-23(21)31-16-14-30(2)15-17-31/h3-13H,14-18H2,1-2H3,(H,28,33)(H,29,32). The summed E-state index contributed by atoms with van der Waals surface area (Å²) in [5.74, 6) is -0.502. The zero-order valence-electron chi connectivity index (χ0n) is 19.0. The van der Waals surface area contributed by atoms with Crippen LogP contribution in [0.1, 0.15) is 31.8 Å². The molecule has 4 rings (SSSR count). The Bertz CT molecular complexity index is 1120. The summed E-state index contributed by atoms with van der Waals surface area (Å²) < 4.78 is 0. The highest BCUT2D eigenvalue weighted by molar-refractivity contribution is 6.09. The Kier molecular flexibility index (Phi) is 7.00. The van der Waals surface area contributed by atoms with Crippen LogP contribution in [0.5, 0.6) is 0 Å². The van der Waals surface area contributed by atoms with Gasteiger partial charge in [-0.3, -0.25) is 14.6 Å². The molecular weight excluding hydrogens is 414 g/mol. The van der Waals surface area contributed by atoms with Gasteiger partial charge in [0.05, 0.1) is 11.3 Å². The van der Waals surface area contributed by atoms with E-state index in [2.05, 4.69) is 44.6 Å². The van der Waals surface area contributed by atoms with Gasteiger partial charge in [0.15, 0.2) is 0 Å². The van der Waals surface area contributed by atoms with E-state index in [1.54, 1.807) is 30.6 Å². The molecule has 7 heteroatoms. The lowest BCUT2D eigenvalue weighted by Gasteiger charge is -2.35. The Morgan fingerprint density at radius 2 is 1.64 bits per heavy atom. The minimum Gasteiger partial charge on any atom is -0.369 e. The topological polar surface area (TPSA) is 77.6 Å². The molecular formula is C26H29N5O2. The molecule has 0 aliphatic carbocycles. The number of piperazine rings is 1. The second-order valence-corrected chi connectivity index (χ2v) is 8.29. The van der Waals surface area contributed by atoms with E-state index in [0.29, 0.717) is 23.4 Å². The molecule has 170 valence electrons. The summed E-state index contributed by atoms with van der Waals surface area (Å²) in [6.45, 7) is 6.25. The SMILES string of the molecule is Cc1cccc(C(=O)NCc2ccccc2N2CCN(C)CC2)c1NC(=O)c1ccncc1. The number of rotatable bonds is 6. The smallest absolute Gasteiger partial charge is 0.255 e. The first-order chi connectivity index (χ1) is 16.0. The van der Waals surface area contributed by atoms with Crippen LogP contribution in [-0.4, -0.2) is 54.9 Å². The number of hydrogen-bond acceptors (Lipinski definition) is 5. The van der Waals surface area contributed by atoms with Crippen molar-refractivity contribution in [2.75, 3.05) is 43.4 Å². The molecule has 2 heterocycles. The number of anilines is 2. The van der Waals surface area contributed by atoms with Crippen molar-refractivity contribution in [1.82, 2.24) is 15.2 Å². The Labute approximate surface area is 194 Å². The Morgan fingerprint density at radius 1 is 0.909 bits per heavy atom. The number of hydrogen-bond donors (Lipinski definition) is 2. The van der Waals surface area contributed by atoms with Crippen LogP contribution in [0, 0.1) is 6.92 Å². The third-order valence-electron chi connectivity index (χ3n) is 5.97. The minimum absolute atomic E-state index is 0.225. The molecule has 1 aromatic heterocycles. The van der Waals surface area contributed by atoms with Gasteiger partial charge in [-0.15, -0.1) is 0 Å². The third kappa shape index (κ3) is 5.38. The van der Waals surface area contributed by atoms with E-state index in [4.69, 9.17) is 0 Å². The maximum Gasteiger partial charge on any atom is 0.255 e. The first-order valence-corrected chi connectivity index (χ1v) is 11.1. The van der Waals surface area contributed by atoms with E-state index in [-0.39, 0.29) is 11.8 Å². The summed E-state index contributed by atoms with van der Waals surface area (Å²) in [6.07, 6.45) is 3.14. The molecule has 0 saturated carbocycles. The van der Waals surface area contributed by atoms with Gasteiger partial charge in [-0.25, -0.2) is 0 Å². The molecule has 33 heavy (non-hydrogen) atoms. The lowest BCUT2D eigenvalue weighted by atomic mass is 10.1. The van der Waals surface area contributed by atoms with E-state index in [9.17, 15) is 9.59 Å². The second kappa shape index (κ2) is 10.3. The van der Waals surface area contributed by atoms with Gasteiger partial charge in [0.25, 0.3) is 11.8 Å². The molecule has 0 atom stereocenters. The fraction of sp³-hybridized carbons (Fsp3) is 0.269. The lowest BCUT2D eigenvalue weighted by Crippen LogP contribution is -2.45. The maximum absolute atomic E-state index is 13.1. The monoisotopic (exact) mass is 443 g/mol. The number of carbonyl (C=O) groups excluding carboxylic acids is 2. The van der Waals surface area contributed by atoms with Gasteiger partial charge >= 0.3 is 0 Å². The van der Waals surface area contributed by atoms with Crippen molar-refractivity contribution in [3.63, 3.8) is 0 Å². The van der Waals surface area contributed by atoms with Gasteiger partial charge in [0.1, 0.15) is 0 Å². The molecule has 2 N–H and O–H groups in total. The normalized spacial score (nSPS) is 14.1. The third-order valence-corrected chi connectivity index (χ3v) is 5.97. The Hall–Kier alpha value is -3.71. The molecule has 1 aliphatic rings. The fourth-order valence-electron chi connectivity index (χ4n) is 4.00. The van der Waals surface area contributed by atoms with Gasteiger partial charge in [-0.05, 0) is 49.4 Å². The van der Waals surface area contributed by atoms with Crippen LogP contribution in [-0.2, 0) is 6.54 Å². The molecule has 0 unspecified atom stereocenters. The van der Waals surface area contributed by atoms with Gasteiger partial charge in [-0.1, -0.05) is 30.3 Å². The first-order valence-electron chi connectivity index (χ1n) is 11.1. The van der Waals surface area contributed by atoms with Gasteiger partial charge in [0.2, 0.25) is 0 Å². The number of para-hydroxylation sites is 2. The quantitative estimate of drug-likeness (QED) is 0.611. The number of aryl methyl sites for hydroxylation is 1. The number of nitrogens with zero attached hydrogens (tertiary/aromatic N) is 3. The van der Waals surface area contributed by atoms with Crippen LogP contribution in [0.2, 0.25) is 0 Å². The summed E-state index contributed by atoms with van der Waals surface area (Å²) >= 11 is 0. The highest BCUT2D eigenvalue weighted by atomic mass is 16.2. The first kappa shape index (κ1) is 22.5. The number of carbonyl (C=O) groups is 2. The van der Waals surface area contributed by atoms with Gasteiger partial charge in [-0.2, -0.15) is 0 Å². The van der Waals surface area contributed by atoms with E-state index >= 15 is 0 Å². The number of benzene rings is 2. The molecule has 7 nitrogen and oxygen atoms in total. The van der Waals surface area contributed by atoms with Crippen LogP contribution >= 0.6 is 0 Å². The van der Waals surface area contributed by atoms with E-state index in [1.807, 2.05) is 31.2 Å². The zero-order chi connectivity index (χ0) is 23.2. The maximum atomic E-state index is 13.1. The number of pyridine rings is 1. The average molecular weight is 444 g/mol. The van der Waals surface area contributed by atoms with Crippen LogP contribution in [0.25, 0.3) is 0 Å². The van der Waals surface area contributed by atoms with Crippen molar-refractivity contribution in [1.29, 1.82) is 0 Å². The van der Waals surface area contributed by atoms with Crippen molar-refractivity contribution in [2.45, 2.75) is 13.5 Å². The molecule has 1 saturated heterocycles. The highest BCUT2D eigenvalue weighted by Gasteiger charge is 2.19. The molecule has 2 aromatic carbocycles. The molecule has 0 spiro atoms. The van der Waals surface area contributed by atoms with Gasteiger partial charge < -0.3 is 20.4 Å².